The molecule has 0 saturated carbocycles. The standard InChI is InChI=1S/C20H19N3O3/c24-20(25)16-11-12-23(13-16)17(14-7-3-1-4-8-14)19-21-18(22-26-19)15-9-5-2-6-10-15/h1-10,16-17H,11-13H2,(H,24,25). The van der Waals surface area contributed by atoms with E-state index < -0.39 is 5.97 Å². The molecule has 0 radical (unpaired) electrons. The lowest BCUT2D eigenvalue weighted by Gasteiger charge is -2.24. The Morgan fingerprint density at radius 3 is 2.46 bits per heavy atom. The van der Waals surface area contributed by atoms with Crippen LogP contribution in [0.25, 0.3) is 11.4 Å². The van der Waals surface area contributed by atoms with Crippen LogP contribution in [0.3, 0.4) is 0 Å². The van der Waals surface area contributed by atoms with Gasteiger partial charge < -0.3 is 9.63 Å². The van der Waals surface area contributed by atoms with E-state index in [2.05, 4.69) is 15.0 Å². The van der Waals surface area contributed by atoms with Crippen molar-refractivity contribution in [2.24, 2.45) is 5.92 Å². The van der Waals surface area contributed by atoms with E-state index in [0.29, 0.717) is 31.2 Å². The van der Waals surface area contributed by atoms with Crippen LogP contribution in [-0.4, -0.2) is 39.2 Å². The van der Waals surface area contributed by atoms with Crippen LogP contribution in [0.4, 0.5) is 0 Å². The molecule has 1 N–H and O–H groups in total. The van der Waals surface area contributed by atoms with Crippen molar-refractivity contribution in [3.8, 4) is 11.4 Å². The fraction of sp³-hybridized carbons (Fsp3) is 0.250. The number of aliphatic carboxylic acids is 1. The monoisotopic (exact) mass is 349 g/mol. The number of carboxylic acid groups (broad SMARTS) is 1. The minimum absolute atomic E-state index is 0.245. The molecular weight excluding hydrogens is 330 g/mol. The molecule has 1 saturated heterocycles. The highest BCUT2D eigenvalue weighted by atomic mass is 16.5. The van der Waals surface area contributed by atoms with Crippen molar-refractivity contribution in [1.82, 2.24) is 15.0 Å². The highest BCUT2D eigenvalue weighted by Gasteiger charge is 2.36. The van der Waals surface area contributed by atoms with Gasteiger partial charge in [0.2, 0.25) is 11.7 Å². The largest absolute Gasteiger partial charge is 0.481 e. The highest BCUT2D eigenvalue weighted by molar-refractivity contribution is 5.70. The molecule has 3 aromatic rings. The Morgan fingerprint density at radius 2 is 1.81 bits per heavy atom. The third-order valence-electron chi connectivity index (χ3n) is 4.76. The van der Waals surface area contributed by atoms with Crippen LogP contribution in [0, 0.1) is 5.92 Å². The van der Waals surface area contributed by atoms with E-state index in [0.717, 1.165) is 11.1 Å². The van der Waals surface area contributed by atoms with E-state index in [1.54, 1.807) is 0 Å². The Hall–Kier alpha value is -2.99. The topological polar surface area (TPSA) is 79.5 Å². The quantitative estimate of drug-likeness (QED) is 0.762. The summed E-state index contributed by atoms with van der Waals surface area (Å²) >= 11 is 0. The van der Waals surface area contributed by atoms with Gasteiger partial charge >= 0.3 is 5.97 Å². The van der Waals surface area contributed by atoms with Crippen LogP contribution in [0.1, 0.15) is 23.9 Å². The zero-order valence-corrected chi connectivity index (χ0v) is 14.2. The third-order valence-corrected chi connectivity index (χ3v) is 4.76. The summed E-state index contributed by atoms with van der Waals surface area (Å²) in [5.41, 5.74) is 1.90. The summed E-state index contributed by atoms with van der Waals surface area (Å²) in [6, 6.07) is 19.3. The van der Waals surface area contributed by atoms with E-state index in [9.17, 15) is 9.90 Å². The zero-order chi connectivity index (χ0) is 17.9. The van der Waals surface area contributed by atoms with Gasteiger partial charge in [-0.3, -0.25) is 9.69 Å². The second-order valence-corrected chi connectivity index (χ2v) is 6.45. The first kappa shape index (κ1) is 16.5. The number of rotatable bonds is 5. The van der Waals surface area contributed by atoms with Gasteiger partial charge in [0, 0.05) is 18.7 Å². The van der Waals surface area contributed by atoms with Crippen molar-refractivity contribution in [3.63, 3.8) is 0 Å². The Balaban J connectivity index is 1.68. The van der Waals surface area contributed by atoms with Crippen LogP contribution in [0.2, 0.25) is 0 Å². The minimum atomic E-state index is -0.755. The summed E-state index contributed by atoms with van der Waals surface area (Å²) in [6.07, 6.45) is 0.623. The molecule has 2 heterocycles. The smallest absolute Gasteiger partial charge is 0.307 e. The molecule has 1 aromatic heterocycles. The Kier molecular flexibility index (Phi) is 4.50. The summed E-state index contributed by atoms with van der Waals surface area (Å²) in [7, 11) is 0. The minimum Gasteiger partial charge on any atom is -0.481 e. The van der Waals surface area contributed by atoms with E-state index in [4.69, 9.17) is 4.52 Å². The van der Waals surface area contributed by atoms with E-state index >= 15 is 0 Å². The molecule has 0 spiro atoms. The zero-order valence-electron chi connectivity index (χ0n) is 14.2. The molecule has 1 fully saturated rings. The number of carbonyl (C=O) groups is 1. The number of nitrogens with zero attached hydrogens (tertiary/aromatic N) is 3. The number of benzene rings is 2. The van der Waals surface area contributed by atoms with Gasteiger partial charge in [0.25, 0.3) is 0 Å². The van der Waals surface area contributed by atoms with Crippen LogP contribution < -0.4 is 0 Å². The molecule has 4 rings (SSSR count). The summed E-state index contributed by atoms with van der Waals surface area (Å²) in [6.45, 7) is 1.15. The molecule has 0 amide bonds. The molecule has 132 valence electrons. The summed E-state index contributed by atoms with van der Waals surface area (Å²) in [5, 5.41) is 13.5. The molecule has 6 heteroatoms. The number of aromatic nitrogens is 2. The predicted molar refractivity (Wildman–Crippen MR) is 95.3 cm³/mol. The van der Waals surface area contributed by atoms with Gasteiger partial charge in [0.1, 0.15) is 6.04 Å². The van der Waals surface area contributed by atoms with Gasteiger partial charge in [-0.25, -0.2) is 0 Å². The predicted octanol–water partition coefficient (Wildman–Crippen LogP) is 3.23. The SMILES string of the molecule is O=C(O)C1CCN(C(c2ccccc2)c2nc(-c3ccccc3)no2)C1. The maximum atomic E-state index is 11.4. The fourth-order valence-corrected chi connectivity index (χ4v) is 3.42. The van der Waals surface area contributed by atoms with E-state index in [-0.39, 0.29) is 12.0 Å². The summed E-state index contributed by atoms with van der Waals surface area (Å²) in [5.74, 6) is -0.0934. The molecule has 1 aliphatic rings. The summed E-state index contributed by atoms with van der Waals surface area (Å²) in [4.78, 5) is 18.1. The second kappa shape index (κ2) is 7.09. The molecule has 2 atom stereocenters. The molecule has 0 aliphatic carbocycles. The summed E-state index contributed by atoms with van der Waals surface area (Å²) < 4.78 is 5.59. The molecule has 26 heavy (non-hydrogen) atoms. The molecule has 2 unspecified atom stereocenters. The van der Waals surface area contributed by atoms with Gasteiger partial charge in [0.05, 0.1) is 5.92 Å². The Bertz CT molecular complexity index is 880. The van der Waals surface area contributed by atoms with Crippen molar-refractivity contribution in [2.45, 2.75) is 12.5 Å². The van der Waals surface area contributed by atoms with Crippen LogP contribution in [-0.2, 0) is 4.79 Å². The maximum absolute atomic E-state index is 11.4. The molecule has 2 aromatic carbocycles. The van der Waals surface area contributed by atoms with Crippen molar-refractivity contribution in [1.29, 1.82) is 0 Å². The van der Waals surface area contributed by atoms with Crippen molar-refractivity contribution in [2.75, 3.05) is 13.1 Å². The fourth-order valence-electron chi connectivity index (χ4n) is 3.42. The van der Waals surface area contributed by atoms with Crippen molar-refractivity contribution >= 4 is 5.97 Å². The first-order valence-corrected chi connectivity index (χ1v) is 8.63. The first-order valence-electron chi connectivity index (χ1n) is 8.63. The average Bonchev–Trinajstić information content (AvgIpc) is 3.34. The molecular formula is C20H19N3O3. The lowest BCUT2D eigenvalue weighted by molar-refractivity contribution is -0.141. The Morgan fingerprint density at radius 1 is 1.12 bits per heavy atom. The van der Waals surface area contributed by atoms with Gasteiger partial charge in [-0.05, 0) is 12.0 Å². The van der Waals surface area contributed by atoms with Crippen LogP contribution >= 0.6 is 0 Å². The third kappa shape index (κ3) is 3.23. The first-order chi connectivity index (χ1) is 12.7. The van der Waals surface area contributed by atoms with E-state index in [1.165, 1.54) is 0 Å². The maximum Gasteiger partial charge on any atom is 0.307 e. The lowest BCUT2D eigenvalue weighted by atomic mass is 10.1. The molecule has 6 nitrogen and oxygen atoms in total. The normalized spacial score (nSPS) is 18.7. The number of hydrogen-bond acceptors (Lipinski definition) is 5. The second-order valence-electron chi connectivity index (χ2n) is 6.45. The van der Waals surface area contributed by atoms with Crippen LogP contribution in [0.5, 0.6) is 0 Å². The lowest BCUT2D eigenvalue weighted by Crippen LogP contribution is -2.29. The van der Waals surface area contributed by atoms with Crippen molar-refractivity contribution < 1.29 is 14.4 Å². The van der Waals surface area contributed by atoms with Gasteiger partial charge in [-0.2, -0.15) is 4.98 Å². The number of carboxylic acids is 1. The Labute approximate surface area is 151 Å². The highest BCUT2D eigenvalue weighted by Crippen LogP contribution is 2.33. The van der Waals surface area contributed by atoms with Gasteiger partial charge in [0.15, 0.2) is 0 Å². The van der Waals surface area contributed by atoms with Gasteiger partial charge in [-0.15, -0.1) is 0 Å². The number of likely N-dealkylation sites (tertiary alicyclic amines) is 1. The number of hydrogen-bond donors (Lipinski definition) is 1. The average molecular weight is 349 g/mol. The molecule has 0 bridgehead atoms. The molecule has 1 aliphatic heterocycles. The van der Waals surface area contributed by atoms with Crippen LogP contribution in [0.15, 0.2) is 65.2 Å². The van der Waals surface area contributed by atoms with E-state index in [1.807, 2.05) is 60.7 Å². The van der Waals surface area contributed by atoms with Crippen molar-refractivity contribution in [3.05, 3.63) is 72.1 Å². The van der Waals surface area contributed by atoms with Gasteiger partial charge in [-0.1, -0.05) is 65.8 Å².